The Balaban J connectivity index is 1.30. The molecule has 0 fully saturated rings. The molecule has 0 amide bonds. The molecular weight excluding hydrogens is 460 g/mol. The Morgan fingerprint density at radius 1 is 0.971 bits per heavy atom. The molecule has 0 radical (unpaired) electrons. The summed E-state index contributed by atoms with van der Waals surface area (Å²) in [5.41, 5.74) is 4.06. The Kier molecular flexibility index (Phi) is 5.77. The molecule has 1 aromatic heterocycles. The first-order valence-corrected chi connectivity index (χ1v) is 13.1. The molecule has 1 N–H and O–H groups in total. The lowest BCUT2D eigenvalue weighted by Crippen LogP contribution is -2.19. The molecule has 8 nitrogen and oxygen atoms in total. The first kappa shape index (κ1) is 21.9. The van der Waals surface area contributed by atoms with Gasteiger partial charge in [0.25, 0.3) is 5.56 Å². The van der Waals surface area contributed by atoms with Crippen LogP contribution in [-0.4, -0.2) is 34.6 Å². The monoisotopic (exact) mass is 486 g/mol. The van der Waals surface area contributed by atoms with Crippen molar-refractivity contribution in [3.05, 3.63) is 81.1 Å². The smallest absolute Gasteiger partial charge is 0.324 e. The first-order valence-electron chi connectivity index (χ1n) is 12.1. The number of para-hydroxylation sites is 3. The van der Waals surface area contributed by atoms with E-state index in [4.69, 9.17) is 4.98 Å². The molecule has 9 heteroatoms. The van der Waals surface area contributed by atoms with Crippen molar-refractivity contribution in [1.82, 2.24) is 28.9 Å². The van der Waals surface area contributed by atoms with Crippen LogP contribution in [0.1, 0.15) is 31.4 Å². The van der Waals surface area contributed by atoms with Crippen molar-refractivity contribution in [2.24, 2.45) is 0 Å². The number of thioether (sulfide) groups is 1. The van der Waals surface area contributed by atoms with Gasteiger partial charge in [0.15, 0.2) is 11.0 Å². The van der Waals surface area contributed by atoms with E-state index in [0.29, 0.717) is 17.9 Å². The van der Waals surface area contributed by atoms with E-state index in [1.165, 1.54) is 4.68 Å². The largest absolute Gasteiger partial charge is 0.326 e. The van der Waals surface area contributed by atoms with Crippen LogP contribution in [0.2, 0.25) is 0 Å². The maximum Gasteiger partial charge on any atom is 0.326 e. The molecule has 35 heavy (non-hydrogen) atoms. The van der Waals surface area contributed by atoms with Crippen molar-refractivity contribution in [3.8, 4) is 17.1 Å². The zero-order chi connectivity index (χ0) is 23.8. The molecule has 0 saturated carbocycles. The van der Waals surface area contributed by atoms with Crippen molar-refractivity contribution >= 4 is 22.8 Å². The molecular formula is C26H26N6O2S. The Bertz CT molecular complexity index is 1580. The summed E-state index contributed by atoms with van der Waals surface area (Å²) in [5.74, 6) is 1.33. The van der Waals surface area contributed by atoms with Gasteiger partial charge in [-0.3, -0.25) is 9.36 Å². The van der Waals surface area contributed by atoms with Crippen LogP contribution in [0.3, 0.4) is 0 Å². The van der Waals surface area contributed by atoms with E-state index in [9.17, 15) is 9.59 Å². The minimum Gasteiger partial charge on any atom is -0.324 e. The van der Waals surface area contributed by atoms with Crippen molar-refractivity contribution in [1.29, 1.82) is 0 Å². The molecule has 3 aliphatic rings. The predicted molar refractivity (Wildman–Crippen MR) is 138 cm³/mol. The summed E-state index contributed by atoms with van der Waals surface area (Å²) in [7, 11) is 0. The van der Waals surface area contributed by atoms with Crippen LogP contribution >= 0.6 is 11.8 Å². The van der Waals surface area contributed by atoms with Crippen LogP contribution in [0.4, 0.5) is 0 Å². The Morgan fingerprint density at radius 2 is 1.80 bits per heavy atom. The third-order valence-electron chi connectivity index (χ3n) is 6.61. The number of aryl methyl sites for hydroxylation is 1. The summed E-state index contributed by atoms with van der Waals surface area (Å²) in [6, 6.07) is 17.3. The fourth-order valence-electron chi connectivity index (χ4n) is 4.92. The van der Waals surface area contributed by atoms with Gasteiger partial charge in [0.2, 0.25) is 0 Å². The number of aromatic amines is 1. The van der Waals surface area contributed by atoms with E-state index in [1.54, 1.807) is 16.3 Å². The van der Waals surface area contributed by atoms with E-state index in [-0.39, 0.29) is 11.2 Å². The predicted octanol–water partition coefficient (Wildman–Crippen LogP) is 4.09. The number of nitrogens with zero attached hydrogens (tertiary/aromatic N) is 5. The second-order valence-corrected chi connectivity index (χ2v) is 9.92. The standard InChI is InChI=1S/C26H26N6O2S/c33-24-22-21-14-5-2-8-15-31(21)26(28-23(22)29-32(24)18-10-3-1-4-11-18)35-17-9-16-30-20-13-7-6-12-19(20)27-25(30)34/h1,3-4,6-7,10-13H,2,5,8-9,14-17H2,(H,27,34). The molecule has 4 heterocycles. The van der Waals surface area contributed by atoms with Gasteiger partial charge >= 0.3 is 5.69 Å². The van der Waals surface area contributed by atoms with Gasteiger partial charge in [-0.25, -0.2) is 9.78 Å². The number of benzene rings is 2. The summed E-state index contributed by atoms with van der Waals surface area (Å²) < 4.78 is 5.50. The molecule has 0 unspecified atom stereocenters. The molecule has 0 aliphatic carbocycles. The van der Waals surface area contributed by atoms with Gasteiger partial charge in [0, 0.05) is 24.5 Å². The number of H-pyrrole nitrogens is 1. The van der Waals surface area contributed by atoms with Gasteiger partial charge in [-0.15, -0.1) is 5.10 Å². The highest BCUT2D eigenvalue weighted by atomic mass is 32.2. The molecule has 178 valence electrons. The first-order chi connectivity index (χ1) is 17.2. The number of nitrogens with one attached hydrogen (secondary N) is 1. The lowest BCUT2D eigenvalue weighted by atomic mass is 10.1. The summed E-state index contributed by atoms with van der Waals surface area (Å²) in [6.07, 6.45) is 4.95. The van der Waals surface area contributed by atoms with Crippen LogP contribution in [-0.2, 0) is 19.5 Å². The average molecular weight is 487 g/mol. The van der Waals surface area contributed by atoms with E-state index >= 15 is 0 Å². The fraction of sp³-hybridized carbons (Fsp3) is 0.308. The Morgan fingerprint density at radius 3 is 2.69 bits per heavy atom. The second-order valence-electron chi connectivity index (χ2n) is 8.86. The van der Waals surface area contributed by atoms with Gasteiger partial charge in [-0.2, -0.15) is 4.68 Å². The fourth-order valence-corrected chi connectivity index (χ4v) is 5.89. The van der Waals surface area contributed by atoms with Gasteiger partial charge in [-0.1, -0.05) is 48.5 Å². The van der Waals surface area contributed by atoms with Gasteiger partial charge in [-0.05, 0) is 49.9 Å². The molecule has 0 bridgehead atoms. The highest BCUT2D eigenvalue weighted by molar-refractivity contribution is 7.99. The topological polar surface area (TPSA) is 90.5 Å². The molecule has 0 atom stereocenters. The van der Waals surface area contributed by atoms with Gasteiger partial charge < -0.3 is 9.55 Å². The second kappa shape index (κ2) is 9.22. The van der Waals surface area contributed by atoms with E-state index in [0.717, 1.165) is 72.0 Å². The maximum atomic E-state index is 13.4. The lowest BCUT2D eigenvalue weighted by molar-refractivity contribution is 0.570. The summed E-state index contributed by atoms with van der Waals surface area (Å²) in [4.78, 5) is 33.5. The molecule has 3 aliphatic heterocycles. The van der Waals surface area contributed by atoms with Crippen molar-refractivity contribution in [3.63, 3.8) is 0 Å². The molecule has 0 spiro atoms. The van der Waals surface area contributed by atoms with Crippen LogP contribution in [0.5, 0.6) is 0 Å². The Labute approximate surface area is 206 Å². The van der Waals surface area contributed by atoms with Crippen LogP contribution < -0.4 is 11.2 Å². The van der Waals surface area contributed by atoms with Crippen molar-refractivity contribution in [2.45, 2.75) is 50.4 Å². The SMILES string of the molecule is O=c1c2c3n(c(SCCCn4c(=O)[nH]c5ccccc54)nc-2nn1-c1ccccc1)CCCCC3. The number of hydrogen-bond acceptors (Lipinski definition) is 5. The minimum absolute atomic E-state index is 0.0755. The number of aromatic nitrogens is 6. The highest BCUT2D eigenvalue weighted by Crippen LogP contribution is 2.30. The molecule has 0 saturated heterocycles. The number of rotatable bonds is 6. The number of imidazole rings is 1. The van der Waals surface area contributed by atoms with Gasteiger partial charge in [0.1, 0.15) is 5.56 Å². The lowest BCUT2D eigenvalue weighted by Gasteiger charge is -2.17. The van der Waals surface area contributed by atoms with E-state index in [2.05, 4.69) is 14.6 Å². The average Bonchev–Trinajstić information content (AvgIpc) is 3.25. The number of hydrogen-bond donors (Lipinski definition) is 1. The van der Waals surface area contributed by atoms with Crippen molar-refractivity contribution in [2.75, 3.05) is 5.75 Å². The summed E-state index contributed by atoms with van der Waals surface area (Å²) >= 11 is 1.68. The highest BCUT2D eigenvalue weighted by Gasteiger charge is 2.27. The zero-order valence-corrected chi connectivity index (χ0v) is 20.1. The normalized spacial score (nSPS) is 13.8. The quantitative estimate of drug-likeness (QED) is 0.222. The molecule has 2 aromatic carbocycles. The zero-order valence-electron chi connectivity index (χ0n) is 19.3. The molecule has 3 aromatic rings. The summed E-state index contributed by atoms with van der Waals surface area (Å²) in [5, 5.41) is 5.51. The third-order valence-corrected chi connectivity index (χ3v) is 7.67. The maximum absolute atomic E-state index is 13.4. The van der Waals surface area contributed by atoms with Crippen LogP contribution in [0.15, 0.2) is 69.3 Å². The van der Waals surface area contributed by atoms with Crippen LogP contribution in [0, 0.1) is 0 Å². The third kappa shape index (κ3) is 3.99. The van der Waals surface area contributed by atoms with E-state index < -0.39 is 0 Å². The van der Waals surface area contributed by atoms with E-state index in [1.807, 2.05) is 54.6 Å². The minimum atomic E-state index is -0.0976. The summed E-state index contributed by atoms with van der Waals surface area (Å²) in [6.45, 7) is 1.50. The van der Waals surface area contributed by atoms with Crippen molar-refractivity contribution < 1.29 is 0 Å². The van der Waals surface area contributed by atoms with Crippen LogP contribution in [0.25, 0.3) is 28.1 Å². The van der Waals surface area contributed by atoms with Gasteiger partial charge in [0.05, 0.1) is 16.7 Å². The number of fused-ring (bicyclic) bond motifs is 4. The Hall–Kier alpha value is -3.59. The molecule has 6 rings (SSSR count).